The Hall–Kier alpha value is -0.610. The van der Waals surface area contributed by atoms with Crippen molar-refractivity contribution in [2.45, 2.75) is 18.7 Å². The summed E-state index contributed by atoms with van der Waals surface area (Å²) >= 11 is 7.06. The van der Waals surface area contributed by atoms with Gasteiger partial charge >= 0.3 is 0 Å². The van der Waals surface area contributed by atoms with Crippen molar-refractivity contribution in [3.8, 4) is 5.69 Å². The highest BCUT2D eigenvalue weighted by atomic mass is 79.9. The highest BCUT2D eigenvalue weighted by Gasteiger charge is 2.07. The van der Waals surface area contributed by atoms with Crippen molar-refractivity contribution in [3.63, 3.8) is 0 Å². The quantitative estimate of drug-likeness (QED) is 0.767. The van der Waals surface area contributed by atoms with Gasteiger partial charge in [0, 0.05) is 28.6 Å². The van der Waals surface area contributed by atoms with Crippen LogP contribution in [-0.4, -0.2) is 9.55 Å². The van der Waals surface area contributed by atoms with Crippen LogP contribution in [-0.2, 0) is 11.8 Å². The first-order chi connectivity index (χ1) is 7.76. The molecule has 1 aromatic carbocycles. The number of hydrogen-bond acceptors (Lipinski definition) is 1. The molecule has 16 heavy (non-hydrogen) atoms. The third-order valence-electron chi connectivity index (χ3n) is 2.46. The van der Waals surface area contributed by atoms with Crippen LogP contribution in [0.1, 0.15) is 18.3 Å². The van der Waals surface area contributed by atoms with Crippen LogP contribution < -0.4 is 0 Å². The van der Waals surface area contributed by atoms with E-state index in [9.17, 15) is 0 Å². The summed E-state index contributed by atoms with van der Waals surface area (Å²) in [7, 11) is 0. The predicted molar refractivity (Wildman–Crippen MR) is 73.3 cm³/mol. The maximum Gasteiger partial charge on any atom is 0.112 e. The third-order valence-corrected chi connectivity index (χ3v) is 3.74. The largest absolute Gasteiger partial charge is 0.303 e. The molecule has 0 spiro atoms. The van der Waals surface area contributed by atoms with Crippen LogP contribution in [0, 0.1) is 0 Å². The summed E-state index contributed by atoms with van der Waals surface area (Å²) in [5.41, 5.74) is 2.40. The van der Waals surface area contributed by atoms with E-state index in [1.165, 1.54) is 5.56 Å². The van der Waals surface area contributed by atoms with Gasteiger partial charge in [0.2, 0.25) is 0 Å². The number of benzene rings is 1. The monoisotopic (exact) mass is 342 g/mol. The van der Waals surface area contributed by atoms with Crippen molar-refractivity contribution >= 4 is 31.9 Å². The van der Waals surface area contributed by atoms with Crippen molar-refractivity contribution in [1.82, 2.24) is 9.55 Å². The molecule has 0 saturated heterocycles. The molecule has 2 aromatic rings. The summed E-state index contributed by atoms with van der Waals surface area (Å²) in [5, 5.41) is 0.871. The molecule has 0 aliphatic rings. The zero-order valence-electron chi connectivity index (χ0n) is 8.95. The van der Waals surface area contributed by atoms with E-state index in [2.05, 4.69) is 66.5 Å². The number of rotatable bonds is 3. The predicted octanol–water partition coefficient (Wildman–Crippen LogP) is 4.09. The zero-order chi connectivity index (χ0) is 11.5. The lowest BCUT2D eigenvalue weighted by Gasteiger charge is -2.09. The van der Waals surface area contributed by atoms with Gasteiger partial charge in [0.15, 0.2) is 0 Å². The summed E-state index contributed by atoms with van der Waals surface area (Å²) in [6, 6.07) is 6.36. The van der Waals surface area contributed by atoms with Crippen LogP contribution in [0.15, 0.2) is 35.1 Å². The molecule has 84 valence electrons. The molecule has 0 bridgehead atoms. The van der Waals surface area contributed by atoms with E-state index in [0.717, 1.165) is 27.7 Å². The first-order valence-electron chi connectivity index (χ1n) is 5.13. The Morgan fingerprint density at radius 1 is 1.38 bits per heavy atom. The summed E-state index contributed by atoms with van der Waals surface area (Å²) in [6.45, 7) is 2.11. The van der Waals surface area contributed by atoms with Gasteiger partial charge in [0.05, 0.1) is 5.69 Å². The summed E-state index contributed by atoms with van der Waals surface area (Å²) in [4.78, 5) is 4.33. The van der Waals surface area contributed by atoms with Crippen molar-refractivity contribution in [2.75, 3.05) is 0 Å². The number of aromatic nitrogens is 2. The van der Waals surface area contributed by atoms with Crippen LogP contribution in [0.2, 0.25) is 0 Å². The van der Waals surface area contributed by atoms with Crippen LogP contribution >= 0.6 is 31.9 Å². The van der Waals surface area contributed by atoms with Crippen molar-refractivity contribution in [3.05, 3.63) is 46.5 Å². The summed E-state index contributed by atoms with van der Waals surface area (Å²) in [5.74, 6) is 1.08. The van der Waals surface area contributed by atoms with Crippen LogP contribution in [0.4, 0.5) is 0 Å². The lowest BCUT2D eigenvalue weighted by Crippen LogP contribution is -2.00. The van der Waals surface area contributed by atoms with Gasteiger partial charge in [-0.1, -0.05) is 28.9 Å². The Morgan fingerprint density at radius 2 is 2.19 bits per heavy atom. The minimum atomic E-state index is 0.871. The second kappa shape index (κ2) is 5.15. The van der Waals surface area contributed by atoms with E-state index in [-0.39, 0.29) is 0 Å². The summed E-state index contributed by atoms with van der Waals surface area (Å²) < 4.78 is 3.21. The number of aryl methyl sites for hydroxylation is 1. The average molecular weight is 344 g/mol. The molecule has 0 fully saturated rings. The standard InChI is InChI=1S/C12H12Br2N2/c1-2-12-15-5-6-16(12)11-4-3-9(8-13)7-10(11)14/h3-7H,2,8H2,1H3. The van der Waals surface area contributed by atoms with Crippen LogP contribution in [0.25, 0.3) is 5.69 Å². The Balaban J connectivity index is 2.48. The first kappa shape index (κ1) is 11.9. The number of alkyl halides is 1. The third kappa shape index (κ3) is 2.23. The normalized spacial score (nSPS) is 10.7. The molecular formula is C12H12Br2N2. The average Bonchev–Trinajstić information content (AvgIpc) is 2.76. The zero-order valence-corrected chi connectivity index (χ0v) is 12.1. The molecule has 0 amide bonds. The number of imidazole rings is 1. The molecule has 0 radical (unpaired) electrons. The fourth-order valence-electron chi connectivity index (χ4n) is 1.64. The molecule has 1 aromatic heterocycles. The lowest BCUT2D eigenvalue weighted by atomic mass is 10.2. The van der Waals surface area contributed by atoms with Crippen molar-refractivity contribution < 1.29 is 0 Å². The van der Waals surface area contributed by atoms with E-state index < -0.39 is 0 Å². The smallest absolute Gasteiger partial charge is 0.112 e. The molecular weight excluding hydrogens is 332 g/mol. The minimum absolute atomic E-state index is 0.871. The molecule has 0 aliphatic heterocycles. The Bertz CT molecular complexity index is 492. The van der Waals surface area contributed by atoms with Gasteiger partial charge in [-0.2, -0.15) is 0 Å². The second-order valence-corrected chi connectivity index (χ2v) is 4.90. The fraction of sp³-hybridized carbons (Fsp3) is 0.250. The van der Waals surface area contributed by atoms with E-state index in [0.29, 0.717) is 0 Å². The van der Waals surface area contributed by atoms with Gasteiger partial charge in [-0.25, -0.2) is 4.98 Å². The lowest BCUT2D eigenvalue weighted by molar-refractivity contribution is 0.888. The molecule has 0 atom stereocenters. The first-order valence-corrected chi connectivity index (χ1v) is 7.04. The minimum Gasteiger partial charge on any atom is -0.303 e. The Morgan fingerprint density at radius 3 is 2.81 bits per heavy atom. The maximum absolute atomic E-state index is 4.33. The van der Waals surface area contributed by atoms with Gasteiger partial charge in [0.25, 0.3) is 0 Å². The van der Waals surface area contributed by atoms with Gasteiger partial charge in [0.1, 0.15) is 5.82 Å². The molecule has 4 heteroatoms. The van der Waals surface area contributed by atoms with E-state index >= 15 is 0 Å². The highest BCUT2D eigenvalue weighted by molar-refractivity contribution is 9.10. The van der Waals surface area contributed by atoms with E-state index in [1.54, 1.807) is 0 Å². The SMILES string of the molecule is CCc1nccn1-c1ccc(CBr)cc1Br. The molecule has 0 saturated carbocycles. The maximum atomic E-state index is 4.33. The van der Waals surface area contributed by atoms with Crippen LogP contribution in [0.3, 0.4) is 0 Å². The van der Waals surface area contributed by atoms with E-state index in [4.69, 9.17) is 0 Å². The van der Waals surface area contributed by atoms with Crippen LogP contribution in [0.5, 0.6) is 0 Å². The molecule has 0 aliphatic carbocycles. The van der Waals surface area contributed by atoms with Crippen molar-refractivity contribution in [1.29, 1.82) is 0 Å². The summed E-state index contributed by atoms with van der Waals surface area (Å²) in [6.07, 6.45) is 4.76. The molecule has 1 heterocycles. The fourth-order valence-corrected chi connectivity index (χ4v) is 2.61. The van der Waals surface area contributed by atoms with Crippen molar-refractivity contribution in [2.24, 2.45) is 0 Å². The molecule has 2 rings (SSSR count). The number of hydrogen-bond donors (Lipinski definition) is 0. The number of halogens is 2. The van der Waals surface area contributed by atoms with E-state index in [1.807, 2.05) is 12.4 Å². The Kier molecular flexibility index (Phi) is 3.82. The highest BCUT2D eigenvalue weighted by Crippen LogP contribution is 2.24. The molecule has 0 N–H and O–H groups in total. The molecule has 2 nitrogen and oxygen atoms in total. The Labute approximate surface area is 112 Å². The topological polar surface area (TPSA) is 17.8 Å². The van der Waals surface area contributed by atoms with Gasteiger partial charge in [-0.05, 0) is 33.6 Å². The second-order valence-electron chi connectivity index (χ2n) is 3.49. The van der Waals surface area contributed by atoms with Gasteiger partial charge in [-0.15, -0.1) is 0 Å². The van der Waals surface area contributed by atoms with Gasteiger partial charge < -0.3 is 4.57 Å². The number of nitrogens with zero attached hydrogens (tertiary/aromatic N) is 2. The molecule has 0 unspecified atom stereocenters. The van der Waals surface area contributed by atoms with Gasteiger partial charge in [-0.3, -0.25) is 0 Å².